The largest absolute Gasteiger partial charge is 0.496 e. The Bertz CT molecular complexity index is 774. The van der Waals surface area contributed by atoms with E-state index < -0.39 is 11.7 Å². The Labute approximate surface area is 162 Å². The summed E-state index contributed by atoms with van der Waals surface area (Å²) < 4.78 is 45.7. The molecule has 1 aliphatic rings. The molecule has 0 radical (unpaired) electrons. The number of nitrogens with one attached hydrogen (secondary N) is 1. The predicted molar refractivity (Wildman–Crippen MR) is 100 cm³/mol. The molecule has 0 aromatic heterocycles. The molecule has 0 bridgehead atoms. The van der Waals surface area contributed by atoms with Crippen LogP contribution in [-0.4, -0.2) is 38.2 Å². The zero-order chi connectivity index (χ0) is 19.4. The quantitative estimate of drug-likeness (QED) is 0.804. The zero-order valence-corrected chi connectivity index (χ0v) is 15.8. The second-order valence-corrected chi connectivity index (χ2v) is 6.93. The first kappa shape index (κ1) is 20.0. The molecular formula is C20H22ClF3N2O. The highest BCUT2D eigenvalue weighted by molar-refractivity contribution is 6.31. The summed E-state index contributed by atoms with van der Waals surface area (Å²) in [5.74, 6) is 0.656. The highest BCUT2D eigenvalue weighted by Gasteiger charge is 2.35. The Balaban J connectivity index is 2.12. The van der Waals surface area contributed by atoms with E-state index in [4.69, 9.17) is 16.3 Å². The molecule has 3 nitrogen and oxygen atoms in total. The van der Waals surface area contributed by atoms with E-state index in [1.807, 2.05) is 24.3 Å². The standard InChI is InChI=1S/C20H22ClF3N2O/c1-27-18-6-3-2-5-15(18)19(26-11-4-9-25-10-12-26)14-7-8-17(21)16(13-14)20(22,23)24/h2-3,5-8,13,19,25H,4,9-12H2,1H3. The van der Waals surface area contributed by atoms with E-state index in [0.29, 0.717) is 11.3 Å². The van der Waals surface area contributed by atoms with Gasteiger partial charge in [-0.15, -0.1) is 0 Å². The molecular weight excluding hydrogens is 377 g/mol. The van der Waals surface area contributed by atoms with Gasteiger partial charge in [0.1, 0.15) is 5.75 Å². The maximum atomic E-state index is 13.4. The van der Waals surface area contributed by atoms with Crippen molar-refractivity contribution < 1.29 is 17.9 Å². The van der Waals surface area contributed by atoms with Crippen molar-refractivity contribution >= 4 is 11.6 Å². The molecule has 2 aromatic carbocycles. The van der Waals surface area contributed by atoms with Gasteiger partial charge in [-0.1, -0.05) is 35.9 Å². The third-order valence-corrected chi connectivity index (χ3v) is 5.11. The Morgan fingerprint density at radius 1 is 1.11 bits per heavy atom. The minimum atomic E-state index is -4.50. The molecule has 1 saturated heterocycles. The van der Waals surface area contributed by atoms with Gasteiger partial charge >= 0.3 is 6.18 Å². The van der Waals surface area contributed by atoms with Crippen LogP contribution < -0.4 is 10.1 Å². The van der Waals surface area contributed by atoms with Crippen LogP contribution in [0.25, 0.3) is 0 Å². The van der Waals surface area contributed by atoms with Crippen molar-refractivity contribution in [2.45, 2.75) is 18.6 Å². The van der Waals surface area contributed by atoms with E-state index in [2.05, 4.69) is 10.2 Å². The molecule has 146 valence electrons. The average molecular weight is 399 g/mol. The van der Waals surface area contributed by atoms with Crippen molar-refractivity contribution in [2.75, 3.05) is 33.3 Å². The maximum absolute atomic E-state index is 13.4. The topological polar surface area (TPSA) is 24.5 Å². The first-order valence-electron chi connectivity index (χ1n) is 8.86. The lowest BCUT2D eigenvalue weighted by molar-refractivity contribution is -0.137. The molecule has 3 rings (SSSR count). The summed E-state index contributed by atoms with van der Waals surface area (Å²) in [6, 6.07) is 11.3. The van der Waals surface area contributed by atoms with Crippen molar-refractivity contribution in [1.82, 2.24) is 10.2 Å². The highest BCUT2D eigenvalue weighted by atomic mass is 35.5. The Morgan fingerprint density at radius 2 is 1.89 bits per heavy atom. The number of hydrogen-bond acceptors (Lipinski definition) is 3. The van der Waals surface area contributed by atoms with Crippen LogP contribution in [0.1, 0.15) is 29.2 Å². The molecule has 0 spiro atoms. The molecule has 0 aliphatic carbocycles. The lowest BCUT2D eigenvalue weighted by atomic mass is 9.94. The maximum Gasteiger partial charge on any atom is 0.417 e. The molecule has 1 fully saturated rings. The monoisotopic (exact) mass is 398 g/mol. The van der Waals surface area contributed by atoms with Gasteiger partial charge in [0.15, 0.2) is 0 Å². The summed E-state index contributed by atoms with van der Waals surface area (Å²) in [5, 5.41) is 3.05. The number of para-hydroxylation sites is 1. The van der Waals surface area contributed by atoms with Gasteiger partial charge in [0.05, 0.1) is 23.7 Å². The van der Waals surface area contributed by atoms with E-state index >= 15 is 0 Å². The summed E-state index contributed by atoms with van der Waals surface area (Å²) in [6.07, 6.45) is -3.58. The molecule has 1 unspecified atom stereocenters. The Morgan fingerprint density at radius 3 is 2.63 bits per heavy atom. The summed E-state index contributed by atoms with van der Waals surface area (Å²) in [5.41, 5.74) is 0.588. The van der Waals surface area contributed by atoms with Crippen LogP contribution in [0.15, 0.2) is 42.5 Å². The molecule has 1 atom stereocenters. The molecule has 7 heteroatoms. The summed E-state index contributed by atoms with van der Waals surface area (Å²) >= 11 is 5.83. The summed E-state index contributed by atoms with van der Waals surface area (Å²) in [4.78, 5) is 2.20. The molecule has 1 heterocycles. The third-order valence-electron chi connectivity index (χ3n) is 4.78. The fourth-order valence-electron chi connectivity index (χ4n) is 3.53. The minimum absolute atomic E-state index is 0.289. The number of rotatable bonds is 4. The number of hydrogen-bond donors (Lipinski definition) is 1. The van der Waals surface area contributed by atoms with Crippen molar-refractivity contribution in [1.29, 1.82) is 0 Å². The summed E-state index contributed by atoms with van der Waals surface area (Å²) in [7, 11) is 1.57. The molecule has 1 N–H and O–H groups in total. The number of halogens is 4. The predicted octanol–water partition coefficient (Wildman–Crippen LogP) is 4.75. The van der Waals surface area contributed by atoms with Gasteiger partial charge in [0.25, 0.3) is 0 Å². The van der Waals surface area contributed by atoms with Gasteiger partial charge in [-0.25, -0.2) is 0 Å². The van der Waals surface area contributed by atoms with E-state index in [1.165, 1.54) is 6.07 Å². The van der Waals surface area contributed by atoms with Gasteiger partial charge in [0.2, 0.25) is 0 Å². The number of methoxy groups -OCH3 is 1. The zero-order valence-electron chi connectivity index (χ0n) is 15.0. The Kier molecular flexibility index (Phi) is 6.29. The highest BCUT2D eigenvalue weighted by Crippen LogP contribution is 2.40. The van der Waals surface area contributed by atoms with Crippen LogP contribution in [0.5, 0.6) is 5.75 Å². The van der Waals surface area contributed by atoms with E-state index in [1.54, 1.807) is 13.2 Å². The first-order chi connectivity index (χ1) is 12.9. The molecule has 1 aliphatic heterocycles. The smallest absolute Gasteiger partial charge is 0.417 e. The van der Waals surface area contributed by atoms with Gasteiger partial charge in [-0.3, -0.25) is 4.90 Å². The number of alkyl halides is 3. The van der Waals surface area contributed by atoms with Crippen molar-refractivity contribution in [3.63, 3.8) is 0 Å². The Hall–Kier alpha value is -1.76. The average Bonchev–Trinajstić information content (AvgIpc) is 2.92. The lowest BCUT2D eigenvalue weighted by Gasteiger charge is -2.32. The fraction of sp³-hybridized carbons (Fsp3) is 0.400. The van der Waals surface area contributed by atoms with E-state index in [-0.39, 0.29) is 11.1 Å². The van der Waals surface area contributed by atoms with Gasteiger partial charge < -0.3 is 10.1 Å². The van der Waals surface area contributed by atoms with Crippen LogP contribution in [-0.2, 0) is 6.18 Å². The van der Waals surface area contributed by atoms with Gasteiger partial charge in [-0.2, -0.15) is 13.2 Å². The fourth-order valence-corrected chi connectivity index (χ4v) is 3.76. The van der Waals surface area contributed by atoms with E-state index in [0.717, 1.165) is 44.2 Å². The van der Waals surface area contributed by atoms with E-state index in [9.17, 15) is 13.2 Å². The molecule has 27 heavy (non-hydrogen) atoms. The number of benzene rings is 2. The van der Waals surface area contributed by atoms with Crippen molar-refractivity contribution in [2.24, 2.45) is 0 Å². The van der Waals surface area contributed by atoms with Crippen molar-refractivity contribution in [3.8, 4) is 5.75 Å². The van der Waals surface area contributed by atoms with Crippen LogP contribution in [0.2, 0.25) is 5.02 Å². The second kappa shape index (κ2) is 8.50. The first-order valence-corrected chi connectivity index (χ1v) is 9.24. The summed E-state index contributed by atoms with van der Waals surface area (Å²) in [6.45, 7) is 3.18. The molecule has 0 amide bonds. The lowest BCUT2D eigenvalue weighted by Crippen LogP contribution is -2.33. The minimum Gasteiger partial charge on any atom is -0.496 e. The molecule has 2 aromatic rings. The third kappa shape index (κ3) is 4.57. The van der Waals surface area contributed by atoms with Gasteiger partial charge in [0, 0.05) is 25.2 Å². The normalized spacial score (nSPS) is 17.4. The SMILES string of the molecule is COc1ccccc1C(c1ccc(Cl)c(C(F)(F)F)c1)N1CCCNCC1. The second-order valence-electron chi connectivity index (χ2n) is 6.52. The van der Waals surface area contributed by atoms with Crippen LogP contribution in [0, 0.1) is 0 Å². The number of nitrogens with zero attached hydrogens (tertiary/aromatic N) is 1. The van der Waals surface area contributed by atoms with Crippen LogP contribution in [0.4, 0.5) is 13.2 Å². The van der Waals surface area contributed by atoms with Crippen LogP contribution >= 0.6 is 11.6 Å². The van der Waals surface area contributed by atoms with Crippen molar-refractivity contribution in [3.05, 3.63) is 64.2 Å². The van der Waals surface area contributed by atoms with Crippen LogP contribution in [0.3, 0.4) is 0 Å². The molecule has 0 saturated carbocycles. The van der Waals surface area contributed by atoms with Gasteiger partial charge in [-0.05, 0) is 36.7 Å². The number of ether oxygens (including phenoxy) is 1.